The van der Waals surface area contributed by atoms with E-state index in [1.165, 1.54) is 19.8 Å². The van der Waals surface area contributed by atoms with E-state index < -0.39 is 10.0 Å². The Kier molecular flexibility index (Phi) is 5.19. The molecule has 0 aromatic heterocycles. The van der Waals surface area contributed by atoms with Crippen LogP contribution in [0, 0.1) is 0 Å². The van der Waals surface area contributed by atoms with Crippen LogP contribution in [0.5, 0.6) is 0 Å². The third-order valence-corrected chi connectivity index (χ3v) is 4.80. The Labute approximate surface area is 125 Å². The van der Waals surface area contributed by atoms with Gasteiger partial charge in [0, 0.05) is 24.5 Å². The summed E-state index contributed by atoms with van der Waals surface area (Å²) in [6.07, 6.45) is 2.44. The fourth-order valence-corrected chi connectivity index (χ4v) is 2.77. The van der Waals surface area contributed by atoms with Crippen LogP contribution in [0.2, 0.25) is 0 Å². The minimum atomic E-state index is -3.34. The number of hydrogen-bond acceptors (Lipinski definition) is 4. The minimum absolute atomic E-state index is 0.0369. The van der Waals surface area contributed by atoms with Crippen molar-refractivity contribution in [2.45, 2.75) is 19.8 Å². The van der Waals surface area contributed by atoms with Gasteiger partial charge >= 0.3 is 0 Å². The number of rotatable bonds is 6. The van der Waals surface area contributed by atoms with Crippen molar-refractivity contribution < 1.29 is 13.2 Å². The van der Waals surface area contributed by atoms with Crippen molar-refractivity contribution in [3.63, 3.8) is 0 Å². The van der Waals surface area contributed by atoms with Crippen molar-refractivity contribution in [2.24, 2.45) is 0 Å². The smallest absolute Gasteiger partial charge is 0.239 e. The van der Waals surface area contributed by atoms with Gasteiger partial charge < -0.3 is 10.2 Å². The number of carbonyl (C=O) groups excluding carboxylic acids is 1. The SMILES string of the molecule is CCS(=O)(=O)NCC(=O)Nc1ccc(N2CCCC2)cc1. The Morgan fingerprint density at radius 3 is 2.38 bits per heavy atom. The maximum atomic E-state index is 11.7. The second-order valence-corrected chi connectivity index (χ2v) is 7.11. The number of nitrogens with one attached hydrogen (secondary N) is 2. The molecule has 0 saturated carbocycles. The lowest BCUT2D eigenvalue weighted by Gasteiger charge is -2.17. The standard InChI is InChI=1S/C14H21N3O3S/c1-2-21(19,20)15-11-14(18)16-12-5-7-13(8-6-12)17-9-3-4-10-17/h5-8,15H,2-4,9-11H2,1H3,(H,16,18). The highest BCUT2D eigenvalue weighted by atomic mass is 32.2. The quantitative estimate of drug-likeness (QED) is 0.826. The van der Waals surface area contributed by atoms with Crippen LogP contribution in [-0.2, 0) is 14.8 Å². The van der Waals surface area contributed by atoms with E-state index in [0.29, 0.717) is 5.69 Å². The third-order valence-electron chi connectivity index (χ3n) is 3.45. The minimum Gasteiger partial charge on any atom is -0.372 e. The molecule has 2 rings (SSSR count). The van der Waals surface area contributed by atoms with E-state index in [9.17, 15) is 13.2 Å². The normalized spacial score (nSPS) is 15.2. The first-order chi connectivity index (χ1) is 10.00. The monoisotopic (exact) mass is 311 g/mol. The van der Waals surface area contributed by atoms with Crippen LogP contribution < -0.4 is 14.9 Å². The molecule has 1 amide bonds. The molecule has 0 atom stereocenters. The molecule has 0 spiro atoms. The molecule has 0 aliphatic carbocycles. The van der Waals surface area contributed by atoms with E-state index in [1.807, 2.05) is 24.3 Å². The predicted octanol–water partition coefficient (Wildman–Crippen LogP) is 1.16. The fourth-order valence-electron chi connectivity index (χ4n) is 2.21. The average molecular weight is 311 g/mol. The van der Waals surface area contributed by atoms with Crippen LogP contribution in [0.25, 0.3) is 0 Å². The van der Waals surface area contributed by atoms with Crippen molar-refractivity contribution in [1.82, 2.24) is 4.72 Å². The highest BCUT2D eigenvalue weighted by Gasteiger charge is 2.12. The molecular formula is C14H21N3O3S. The van der Waals surface area contributed by atoms with E-state index in [0.717, 1.165) is 18.8 Å². The number of sulfonamides is 1. The number of carbonyl (C=O) groups is 1. The van der Waals surface area contributed by atoms with E-state index in [4.69, 9.17) is 0 Å². The molecule has 0 radical (unpaired) electrons. The zero-order valence-corrected chi connectivity index (χ0v) is 12.9. The molecule has 1 aromatic rings. The summed E-state index contributed by atoms with van der Waals surface area (Å²) in [6.45, 7) is 3.43. The molecule has 0 unspecified atom stereocenters. The first kappa shape index (κ1) is 15.8. The van der Waals surface area contributed by atoms with Gasteiger partial charge in [0.05, 0.1) is 12.3 Å². The molecule has 7 heteroatoms. The molecule has 1 fully saturated rings. The number of benzene rings is 1. The van der Waals surface area contributed by atoms with E-state index >= 15 is 0 Å². The summed E-state index contributed by atoms with van der Waals surface area (Å²) in [5.74, 6) is -0.411. The van der Waals surface area contributed by atoms with Gasteiger partial charge in [0.2, 0.25) is 15.9 Å². The Morgan fingerprint density at radius 1 is 1.19 bits per heavy atom. The molecule has 2 N–H and O–H groups in total. The summed E-state index contributed by atoms with van der Waals surface area (Å²) in [6, 6.07) is 7.61. The number of hydrogen-bond donors (Lipinski definition) is 2. The summed E-state index contributed by atoms with van der Waals surface area (Å²) < 4.78 is 24.7. The van der Waals surface area contributed by atoms with Gasteiger partial charge in [-0.05, 0) is 44.0 Å². The first-order valence-electron chi connectivity index (χ1n) is 7.12. The zero-order valence-electron chi connectivity index (χ0n) is 12.1. The van der Waals surface area contributed by atoms with Crippen molar-refractivity contribution in [3.05, 3.63) is 24.3 Å². The van der Waals surface area contributed by atoms with Gasteiger partial charge in [0.15, 0.2) is 0 Å². The van der Waals surface area contributed by atoms with Gasteiger partial charge in [-0.1, -0.05) is 0 Å². The molecule has 1 heterocycles. The van der Waals surface area contributed by atoms with Crippen molar-refractivity contribution in [3.8, 4) is 0 Å². The molecule has 6 nitrogen and oxygen atoms in total. The number of amides is 1. The van der Waals surface area contributed by atoms with Gasteiger partial charge in [0.1, 0.15) is 0 Å². The maximum Gasteiger partial charge on any atom is 0.239 e. The van der Waals surface area contributed by atoms with E-state index in [-0.39, 0.29) is 18.2 Å². The highest BCUT2D eigenvalue weighted by Crippen LogP contribution is 2.21. The topological polar surface area (TPSA) is 78.5 Å². The molecule has 0 bridgehead atoms. The molecule has 116 valence electrons. The summed E-state index contributed by atoms with van der Waals surface area (Å²) in [5.41, 5.74) is 1.82. The molecular weight excluding hydrogens is 290 g/mol. The lowest BCUT2D eigenvalue weighted by Crippen LogP contribution is -2.33. The van der Waals surface area contributed by atoms with Crippen LogP contribution in [0.4, 0.5) is 11.4 Å². The highest BCUT2D eigenvalue weighted by molar-refractivity contribution is 7.89. The zero-order chi connectivity index (χ0) is 15.3. The van der Waals surface area contributed by atoms with Crippen LogP contribution in [0.1, 0.15) is 19.8 Å². The first-order valence-corrected chi connectivity index (χ1v) is 8.77. The predicted molar refractivity (Wildman–Crippen MR) is 84.0 cm³/mol. The molecule has 1 saturated heterocycles. The molecule has 1 aliphatic rings. The van der Waals surface area contributed by atoms with E-state index in [2.05, 4.69) is 14.9 Å². The second-order valence-electron chi connectivity index (χ2n) is 5.01. The Hall–Kier alpha value is -1.60. The lowest BCUT2D eigenvalue weighted by molar-refractivity contribution is -0.115. The second kappa shape index (κ2) is 6.91. The summed E-state index contributed by atoms with van der Waals surface area (Å²) >= 11 is 0. The van der Waals surface area contributed by atoms with E-state index in [1.54, 1.807) is 0 Å². The lowest BCUT2D eigenvalue weighted by atomic mass is 10.2. The Bertz CT molecular complexity index is 578. The van der Waals surface area contributed by atoms with Gasteiger partial charge in [-0.15, -0.1) is 0 Å². The van der Waals surface area contributed by atoms with Crippen molar-refractivity contribution in [1.29, 1.82) is 0 Å². The van der Waals surface area contributed by atoms with Crippen LogP contribution in [-0.4, -0.2) is 39.7 Å². The van der Waals surface area contributed by atoms with Crippen molar-refractivity contribution in [2.75, 3.05) is 35.6 Å². The Morgan fingerprint density at radius 2 is 1.81 bits per heavy atom. The molecule has 1 aromatic carbocycles. The number of anilines is 2. The van der Waals surface area contributed by atoms with Gasteiger partial charge in [-0.2, -0.15) is 0 Å². The molecule has 21 heavy (non-hydrogen) atoms. The number of nitrogens with zero attached hydrogens (tertiary/aromatic N) is 1. The Balaban J connectivity index is 1.86. The van der Waals surface area contributed by atoms with Gasteiger partial charge in [0.25, 0.3) is 0 Å². The average Bonchev–Trinajstić information content (AvgIpc) is 3.00. The third kappa shape index (κ3) is 4.71. The van der Waals surface area contributed by atoms with Gasteiger partial charge in [-0.3, -0.25) is 4.79 Å². The summed E-state index contributed by atoms with van der Waals surface area (Å²) in [4.78, 5) is 14.0. The van der Waals surface area contributed by atoms with Crippen LogP contribution >= 0.6 is 0 Å². The van der Waals surface area contributed by atoms with Crippen LogP contribution in [0.15, 0.2) is 24.3 Å². The molecule has 1 aliphatic heterocycles. The van der Waals surface area contributed by atoms with Crippen LogP contribution in [0.3, 0.4) is 0 Å². The van der Waals surface area contributed by atoms with Gasteiger partial charge in [-0.25, -0.2) is 13.1 Å². The summed E-state index contributed by atoms with van der Waals surface area (Å²) in [5, 5.41) is 2.67. The largest absolute Gasteiger partial charge is 0.372 e. The maximum absolute atomic E-state index is 11.7. The summed E-state index contributed by atoms with van der Waals surface area (Å²) in [7, 11) is -3.34. The fraction of sp³-hybridized carbons (Fsp3) is 0.500. The van der Waals surface area contributed by atoms with Crippen molar-refractivity contribution >= 4 is 27.3 Å².